The number of Topliss-reactive ketones (excluding diaryl/α,β-unsaturated/α-hetero) is 1. The predicted molar refractivity (Wildman–Crippen MR) is 69.0 cm³/mol. The first-order chi connectivity index (χ1) is 8.56. The molecular formula is C15H21NO2. The molecule has 18 heavy (non-hydrogen) atoms. The van der Waals surface area contributed by atoms with E-state index in [1.54, 1.807) is 0 Å². The van der Waals surface area contributed by atoms with E-state index in [-0.39, 0.29) is 17.2 Å². The first-order valence-corrected chi connectivity index (χ1v) is 7.09. The molecule has 2 aliphatic heterocycles. The summed E-state index contributed by atoms with van der Waals surface area (Å²) in [6.07, 6.45) is 6.28. The molecule has 98 valence electrons. The van der Waals surface area contributed by atoms with Crippen molar-refractivity contribution in [3.63, 3.8) is 0 Å². The minimum atomic E-state index is -0.133. The molecule has 1 spiro atoms. The first-order valence-electron chi connectivity index (χ1n) is 7.09. The lowest BCUT2D eigenvalue weighted by Crippen LogP contribution is -2.52. The van der Waals surface area contributed by atoms with Gasteiger partial charge >= 0.3 is 0 Å². The van der Waals surface area contributed by atoms with Crippen molar-refractivity contribution in [2.75, 3.05) is 6.54 Å². The van der Waals surface area contributed by atoms with E-state index in [0.29, 0.717) is 23.5 Å². The van der Waals surface area contributed by atoms with Crippen LogP contribution in [0.1, 0.15) is 52.4 Å². The molecule has 3 nitrogen and oxygen atoms in total. The molecule has 3 heteroatoms. The van der Waals surface area contributed by atoms with Gasteiger partial charge in [-0.2, -0.15) is 0 Å². The molecule has 0 aromatic heterocycles. The van der Waals surface area contributed by atoms with E-state index in [1.807, 2.05) is 18.7 Å². The van der Waals surface area contributed by atoms with E-state index in [0.717, 1.165) is 25.8 Å². The maximum absolute atomic E-state index is 12.5. The summed E-state index contributed by atoms with van der Waals surface area (Å²) in [5.41, 5.74) is 1.22. The van der Waals surface area contributed by atoms with Crippen molar-refractivity contribution < 1.29 is 9.59 Å². The fourth-order valence-corrected chi connectivity index (χ4v) is 4.19. The van der Waals surface area contributed by atoms with Gasteiger partial charge in [0.15, 0.2) is 5.78 Å². The second kappa shape index (κ2) is 3.94. The Labute approximate surface area is 108 Å². The lowest BCUT2D eigenvalue weighted by atomic mass is 9.70. The van der Waals surface area contributed by atoms with Crippen LogP contribution in [0.3, 0.4) is 0 Å². The number of hydrogen-bond donors (Lipinski definition) is 0. The number of hydrogen-bond acceptors (Lipinski definition) is 2. The van der Waals surface area contributed by atoms with Crippen molar-refractivity contribution >= 4 is 11.7 Å². The molecule has 0 aromatic rings. The third-order valence-electron chi connectivity index (χ3n) is 5.42. The minimum Gasteiger partial charge on any atom is -0.332 e. The Bertz CT molecular complexity index is 451. The van der Waals surface area contributed by atoms with Crippen molar-refractivity contribution in [1.29, 1.82) is 0 Å². The molecule has 0 unspecified atom stereocenters. The number of allylic oxidation sites excluding steroid dienone is 1. The minimum absolute atomic E-state index is 0.114. The van der Waals surface area contributed by atoms with Gasteiger partial charge in [-0.15, -0.1) is 0 Å². The fourth-order valence-electron chi connectivity index (χ4n) is 4.19. The zero-order valence-electron chi connectivity index (χ0n) is 11.3. The van der Waals surface area contributed by atoms with E-state index in [1.165, 1.54) is 12.8 Å². The van der Waals surface area contributed by atoms with E-state index in [9.17, 15) is 9.59 Å². The van der Waals surface area contributed by atoms with Crippen molar-refractivity contribution in [1.82, 2.24) is 4.90 Å². The van der Waals surface area contributed by atoms with Crippen LogP contribution in [0.15, 0.2) is 11.1 Å². The summed E-state index contributed by atoms with van der Waals surface area (Å²) in [4.78, 5) is 26.9. The highest BCUT2D eigenvalue weighted by molar-refractivity contribution is 6.07. The van der Waals surface area contributed by atoms with Gasteiger partial charge in [-0.05, 0) is 39.0 Å². The Morgan fingerprint density at radius 3 is 2.67 bits per heavy atom. The van der Waals surface area contributed by atoms with Crippen molar-refractivity contribution in [3.05, 3.63) is 11.1 Å². The van der Waals surface area contributed by atoms with E-state index in [4.69, 9.17) is 0 Å². The van der Waals surface area contributed by atoms with Gasteiger partial charge in [-0.3, -0.25) is 9.59 Å². The zero-order valence-corrected chi connectivity index (χ0v) is 11.3. The van der Waals surface area contributed by atoms with E-state index in [2.05, 4.69) is 0 Å². The van der Waals surface area contributed by atoms with Crippen LogP contribution in [-0.2, 0) is 9.59 Å². The monoisotopic (exact) mass is 247 g/mol. The van der Waals surface area contributed by atoms with Gasteiger partial charge in [0.1, 0.15) is 0 Å². The topological polar surface area (TPSA) is 37.4 Å². The van der Waals surface area contributed by atoms with Crippen LogP contribution in [0.25, 0.3) is 0 Å². The summed E-state index contributed by atoms with van der Waals surface area (Å²) in [6.45, 7) is 4.47. The largest absolute Gasteiger partial charge is 0.332 e. The van der Waals surface area contributed by atoms with Gasteiger partial charge in [0, 0.05) is 24.1 Å². The molecule has 0 radical (unpaired) electrons. The molecule has 2 fully saturated rings. The predicted octanol–water partition coefficient (Wildman–Crippen LogP) is 2.46. The molecule has 0 N–H and O–H groups in total. The van der Waals surface area contributed by atoms with Crippen LogP contribution < -0.4 is 0 Å². The third-order valence-corrected chi connectivity index (χ3v) is 5.42. The van der Waals surface area contributed by atoms with Crippen molar-refractivity contribution in [3.8, 4) is 0 Å². The van der Waals surface area contributed by atoms with Gasteiger partial charge in [-0.25, -0.2) is 0 Å². The number of carbonyl (C=O) groups is 2. The highest BCUT2D eigenvalue weighted by atomic mass is 16.2. The molecular weight excluding hydrogens is 226 g/mol. The standard InChI is InChI=1S/C15H21NO2/c1-10-11(2)14(18)16-8-6-12-5-3-4-7-15(12,16)9-13(10)17/h12H,3-9H2,1-2H3/t12-,15+/m0/s1. The Hall–Kier alpha value is -1.12. The SMILES string of the molecule is CC1=C(C)C(=O)N2CC[C@@H]3CCCC[C@@]32CC1=O. The van der Waals surface area contributed by atoms with Crippen LogP contribution in [0.4, 0.5) is 0 Å². The van der Waals surface area contributed by atoms with Crippen LogP contribution in [0, 0.1) is 5.92 Å². The summed E-state index contributed by atoms with van der Waals surface area (Å²) < 4.78 is 0. The third kappa shape index (κ3) is 1.42. The highest BCUT2D eigenvalue weighted by Crippen LogP contribution is 2.49. The Morgan fingerprint density at radius 1 is 1.11 bits per heavy atom. The van der Waals surface area contributed by atoms with Crippen LogP contribution >= 0.6 is 0 Å². The number of amides is 1. The molecule has 3 rings (SSSR count). The molecule has 0 aromatic carbocycles. The summed E-state index contributed by atoms with van der Waals surface area (Å²) in [5.74, 6) is 0.859. The Balaban J connectivity index is 2.07. The summed E-state index contributed by atoms with van der Waals surface area (Å²) in [7, 11) is 0. The van der Waals surface area contributed by atoms with Crippen molar-refractivity contribution in [2.45, 2.75) is 57.9 Å². The fraction of sp³-hybridized carbons (Fsp3) is 0.733. The number of ketones is 1. The van der Waals surface area contributed by atoms with Gasteiger partial charge < -0.3 is 4.90 Å². The lowest BCUT2D eigenvalue weighted by Gasteiger charge is -2.44. The lowest BCUT2D eigenvalue weighted by molar-refractivity contribution is -0.133. The molecule has 2 heterocycles. The van der Waals surface area contributed by atoms with Crippen LogP contribution in [0.5, 0.6) is 0 Å². The number of carbonyl (C=O) groups excluding carboxylic acids is 2. The molecule has 3 aliphatic rings. The number of nitrogens with zero attached hydrogens (tertiary/aromatic N) is 1. The maximum Gasteiger partial charge on any atom is 0.250 e. The molecule has 1 saturated heterocycles. The highest BCUT2D eigenvalue weighted by Gasteiger charge is 2.53. The van der Waals surface area contributed by atoms with Gasteiger partial charge in [-0.1, -0.05) is 12.8 Å². The summed E-state index contributed by atoms with van der Waals surface area (Å²) in [5, 5.41) is 0. The molecule has 1 saturated carbocycles. The Kier molecular flexibility index (Phi) is 2.61. The molecule has 1 amide bonds. The van der Waals surface area contributed by atoms with Gasteiger partial charge in [0.25, 0.3) is 0 Å². The summed E-state index contributed by atoms with van der Waals surface area (Å²) in [6, 6.07) is 0. The molecule has 0 bridgehead atoms. The second-order valence-corrected chi connectivity index (χ2v) is 6.14. The average molecular weight is 247 g/mol. The Morgan fingerprint density at radius 2 is 1.89 bits per heavy atom. The average Bonchev–Trinajstić information content (AvgIpc) is 2.72. The van der Waals surface area contributed by atoms with Gasteiger partial charge in [0.2, 0.25) is 5.91 Å². The molecule has 2 atom stereocenters. The van der Waals surface area contributed by atoms with E-state index >= 15 is 0 Å². The van der Waals surface area contributed by atoms with Gasteiger partial charge in [0.05, 0.1) is 5.54 Å². The zero-order chi connectivity index (χ0) is 12.9. The summed E-state index contributed by atoms with van der Waals surface area (Å²) >= 11 is 0. The van der Waals surface area contributed by atoms with Crippen LogP contribution in [-0.4, -0.2) is 28.7 Å². The van der Waals surface area contributed by atoms with Crippen LogP contribution in [0.2, 0.25) is 0 Å². The van der Waals surface area contributed by atoms with Crippen molar-refractivity contribution in [2.24, 2.45) is 5.92 Å². The quantitative estimate of drug-likeness (QED) is 0.659. The van der Waals surface area contributed by atoms with E-state index < -0.39 is 0 Å². The second-order valence-electron chi connectivity index (χ2n) is 6.14. The normalized spacial score (nSPS) is 36.6. The first kappa shape index (κ1) is 11.9. The number of rotatable bonds is 0. The maximum atomic E-state index is 12.5. The molecule has 1 aliphatic carbocycles. The smallest absolute Gasteiger partial charge is 0.250 e.